The molecule has 0 aliphatic rings. The monoisotopic (exact) mass is 289 g/mol. The van der Waals surface area contributed by atoms with Crippen LogP contribution in [0.4, 0.5) is 4.39 Å². The van der Waals surface area contributed by atoms with E-state index in [4.69, 9.17) is 15.2 Å². The predicted molar refractivity (Wildman–Crippen MR) is 81.1 cm³/mol. The van der Waals surface area contributed by atoms with Crippen molar-refractivity contribution in [2.45, 2.75) is 26.5 Å². The standard InChI is InChI=1S/C17H20FNO2/c1-11-4-6-15(18)8-14(11)10-21-16-7-5-13(12(2)19)9-17(16)20-3/h4-9,12H,10,19H2,1-3H3/t12-/m0/s1. The van der Waals surface area contributed by atoms with Crippen LogP contribution >= 0.6 is 0 Å². The molecular formula is C17H20FNO2. The molecule has 4 heteroatoms. The second-order valence-corrected chi connectivity index (χ2v) is 5.06. The van der Waals surface area contributed by atoms with Gasteiger partial charge in [-0.1, -0.05) is 12.1 Å². The van der Waals surface area contributed by atoms with E-state index in [0.717, 1.165) is 16.7 Å². The van der Waals surface area contributed by atoms with Crippen molar-refractivity contribution in [3.8, 4) is 11.5 Å². The summed E-state index contributed by atoms with van der Waals surface area (Å²) in [5, 5.41) is 0. The minimum Gasteiger partial charge on any atom is -0.493 e. The van der Waals surface area contributed by atoms with Gasteiger partial charge in [-0.15, -0.1) is 0 Å². The predicted octanol–water partition coefficient (Wildman–Crippen LogP) is 3.74. The summed E-state index contributed by atoms with van der Waals surface area (Å²) < 4.78 is 24.3. The third-order valence-corrected chi connectivity index (χ3v) is 3.41. The number of halogens is 1. The van der Waals surface area contributed by atoms with Crippen LogP contribution < -0.4 is 15.2 Å². The molecule has 0 aliphatic carbocycles. The number of hydrogen-bond acceptors (Lipinski definition) is 3. The number of rotatable bonds is 5. The van der Waals surface area contributed by atoms with Gasteiger partial charge in [0.15, 0.2) is 11.5 Å². The van der Waals surface area contributed by atoms with E-state index in [0.29, 0.717) is 11.5 Å². The maximum absolute atomic E-state index is 13.3. The Bertz CT molecular complexity index is 626. The summed E-state index contributed by atoms with van der Waals surface area (Å²) in [5.74, 6) is 0.975. The lowest BCUT2D eigenvalue weighted by atomic mass is 10.1. The van der Waals surface area contributed by atoms with Crippen molar-refractivity contribution in [1.82, 2.24) is 0 Å². The zero-order chi connectivity index (χ0) is 15.4. The molecule has 0 heterocycles. The molecule has 0 aliphatic heterocycles. The van der Waals surface area contributed by atoms with Gasteiger partial charge < -0.3 is 15.2 Å². The molecule has 0 fully saturated rings. The zero-order valence-corrected chi connectivity index (χ0v) is 12.5. The molecule has 2 aromatic carbocycles. The number of methoxy groups -OCH3 is 1. The van der Waals surface area contributed by atoms with Crippen LogP contribution in [-0.2, 0) is 6.61 Å². The summed E-state index contributed by atoms with van der Waals surface area (Å²) in [4.78, 5) is 0. The lowest BCUT2D eigenvalue weighted by Crippen LogP contribution is -2.06. The van der Waals surface area contributed by atoms with Gasteiger partial charge in [-0.05, 0) is 54.8 Å². The highest BCUT2D eigenvalue weighted by molar-refractivity contribution is 5.44. The van der Waals surface area contributed by atoms with E-state index in [1.807, 2.05) is 32.0 Å². The average Bonchev–Trinajstić information content (AvgIpc) is 2.47. The molecule has 0 amide bonds. The zero-order valence-electron chi connectivity index (χ0n) is 12.5. The molecule has 2 aromatic rings. The minimum absolute atomic E-state index is 0.0709. The topological polar surface area (TPSA) is 44.5 Å². The summed E-state index contributed by atoms with van der Waals surface area (Å²) in [6.45, 7) is 4.12. The number of hydrogen-bond donors (Lipinski definition) is 1. The van der Waals surface area contributed by atoms with Crippen molar-refractivity contribution in [2.75, 3.05) is 7.11 Å². The molecule has 0 unspecified atom stereocenters. The fourth-order valence-electron chi connectivity index (χ4n) is 2.04. The van der Waals surface area contributed by atoms with Gasteiger partial charge in [0.2, 0.25) is 0 Å². The average molecular weight is 289 g/mol. The van der Waals surface area contributed by atoms with Crippen LogP contribution in [0.5, 0.6) is 11.5 Å². The second-order valence-electron chi connectivity index (χ2n) is 5.06. The number of aryl methyl sites for hydroxylation is 1. The molecule has 0 saturated heterocycles. The molecule has 2 N–H and O–H groups in total. The largest absolute Gasteiger partial charge is 0.493 e. The van der Waals surface area contributed by atoms with E-state index in [1.165, 1.54) is 12.1 Å². The Balaban J connectivity index is 2.18. The van der Waals surface area contributed by atoms with E-state index < -0.39 is 0 Å². The summed E-state index contributed by atoms with van der Waals surface area (Å²) in [7, 11) is 1.58. The van der Waals surface area contributed by atoms with E-state index >= 15 is 0 Å². The molecule has 0 radical (unpaired) electrons. The Kier molecular flexibility index (Phi) is 4.81. The van der Waals surface area contributed by atoms with Gasteiger partial charge in [-0.25, -0.2) is 4.39 Å². The fraction of sp³-hybridized carbons (Fsp3) is 0.294. The third-order valence-electron chi connectivity index (χ3n) is 3.41. The van der Waals surface area contributed by atoms with Crippen LogP contribution in [0.15, 0.2) is 36.4 Å². The van der Waals surface area contributed by atoms with Gasteiger partial charge in [0.25, 0.3) is 0 Å². The first-order chi connectivity index (χ1) is 10.0. The van der Waals surface area contributed by atoms with Gasteiger partial charge in [-0.3, -0.25) is 0 Å². The Hall–Kier alpha value is -2.07. The van der Waals surface area contributed by atoms with Crippen LogP contribution in [0.2, 0.25) is 0 Å². The first-order valence-corrected chi connectivity index (χ1v) is 6.82. The van der Waals surface area contributed by atoms with Crippen LogP contribution in [0.25, 0.3) is 0 Å². The van der Waals surface area contributed by atoms with Crippen molar-refractivity contribution in [1.29, 1.82) is 0 Å². The summed E-state index contributed by atoms with van der Waals surface area (Å²) in [6, 6.07) is 10.2. The summed E-state index contributed by atoms with van der Waals surface area (Å²) >= 11 is 0. The Morgan fingerprint density at radius 2 is 1.90 bits per heavy atom. The molecule has 21 heavy (non-hydrogen) atoms. The highest BCUT2D eigenvalue weighted by atomic mass is 19.1. The van der Waals surface area contributed by atoms with E-state index in [9.17, 15) is 4.39 Å². The number of ether oxygens (including phenoxy) is 2. The number of nitrogens with two attached hydrogens (primary N) is 1. The molecule has 112 valence electrons. The first kappa shape index (κ1) is 15.3. The van der Waals surface area contributed by atoms with Gasteiger partial charge in [-0.2, -0.15) is 0 Å². The van der Waals surface area contributed by atoms with Gasteiger partial charge in [0.1, 0.15) is 12.4 Å². The van der Waals surface area contributed by atoms with Crippen LogP contribution in [0, 0.1) is 12.7 Å². The highest BCUT2D eigenvalue weighted by Crippen LogP contribution is 2.30. The van der Waals surface area contributed by atoms with Crippen molar-refractivity contribution in [2.24, 2.45) is 5.73 Å². The molecule has 2 rings (SSSR count). The van der Waals surface area contributed by atoms with Gasteiger partial charge >= 0.3 is 0 Å². The Morgan fingerprint density at radius 3 is 2.57 bits per heavy atom. The summed E-state index contributed by atoms with van der Waals surface area (Å²) in [6.07, 6.45) is 0. The molecule has 0 aromatic heterocycles. The first-order valence-electron chi connectivity index (χ1n) is 6.82. The van der Waals surface area contributed by atoms with E-state index in [-0.39, 0.29) is 18.5 Å². The lowest BCUT2D eigenvalue weighted by molar-refractivity contribution is 0.283. The fourth-order valence-corrected chi connectivity index (χ4v) is 2.04. The SMILES string of the molecule is COc1cc([C@H](C)N)ccc1OCc1cc(F)ccc1C. The van der Waals surface area contributed by atoms with Crippen molar-refractivity contribution < 1.29 is 13.9 Å². The van der Waals surface area contributed by atoms with E-state index in [1.54, 1.807) is 13.2 Å². The molecular weight excluding hydrogens is 269 g/mol. The second kappa shape index (κ2) is 6.59. The number of benzene rings is 2. The van der Waals surface area contributed by atoms with Crippen LogP contribution in [0.1, 0.15) is 29.7 Å². The minimum atomic E-state index is -0.265. The smallest absolute Gasteiger partial charge is 0.161 e. The van der Waals surface area contributed by atoms with Gasteiger partial charge in [0, 0.05) is 6.04 Å². The molecule has 0 saturated carbocycles. The molecule has 0 bridgehead atoms. The van der Waals surface area contributed by atoms with Crippen molar-refractivity contribution in [3.63, 3.8) is 0 Å². The van der Waals surface area contributed by atoms with Crippen LogP contribution in [0.3, 0.4) is 0 Å². The summed E-state index contributed by atoms with van der Waals surface area (Å²) in [5.41, 5.74) is 8.63. The van der Waals surface area contributed by atoms with Crippen molar-refractivity contribution in [3.05, 3.63) is 58.9 Å². The lowest BCUT2D eigenvalue weighted by Gasteiger charge is -2.14. The van der Waals surface area contributed by atoms with E-state index in [2.05, 4.69) is 0 Å². The highest BCUT2D eigenvalue weighted by Gasteiger charge is 2.09. The third kappa shape index (κ3) is 3.73. The van der Waals surface area contributed by atoms with Crippen LogP contribution in [-0.4, -0.2) is 7.11 Å². The Labute approximate surface area is 124 Å². The Morgan fingerprint density at radius 1 is 1.14 bits per heavy atom. The maximum atomic E-state index is 13.3. The quantitative estimate of drug-likeness (QED) is 0.912. The van der Waals surface area contributed by atoms with Crippen molar-refractivity contribution >= 4 is 0 Å². The normalized spacial score (nSPS) is 12.0. The molecule has 3 nitrogen and oxygen atoms in total. The molecule has 1 atom stereocenters. The van der Waals surface area contributed by atoms with Gasteiger partial charge in [0.05, 0.1) is 7.11 Å². The molecule has 0 spiro atoms. The maximum Gasteiger partial charge on any atom is 0.161 e.